The first-order valence-corrected chi connectivity index (χ1v) is 11.8. The molecular weight excluding hydrogens is 613 g/mol. The van der Waals surface area contributed by atoms with E-state index in [4.69, 9.17) is 17.3 Å². The predicted octanol–water partition coefficient (Wildman–Crippen LogP) is 7.11. The number of nitrogens with two attached hydrogens (primary N) is 1. The molecule has 0 aliphatic carbocycles. The zero-order chi connectivity index (χ0) is 21.9. The lowest BCUT2D eigenvalue weighted by atomic mass is 9.87. The van der Waals surface area contributed by atoms with Crippen LogP contribution in [0.1, 0.15) is 38.8 Å². The van der Waals surface area contributed by atoms with Gasteiger partial charge in [-0.1, -0.05) is 52.4 Å². The summed E-state index contributed by atoms with van der Waals surface area (Å²) in [4.78, 5) is 6.81. The molecule has 1 atom stereocenters. The van der Waals surface area contributed by atoms with Crippen LogP contribution in [0.4, 0.5) is 5.69 Å². The van der Waals surface area contributed by atoms with E-state index in [2.05, 4.69) is 89.8 Å². The summed E-state index contributed by atoms with van der Waals surface area (Å²) in [5.74, 6) is 0. The van der Waals surface area contributed by atoms with Crippen molar-refractivity contribution in [1.82, 2.24) is 10.3 Å². The predicted molar refractivity (Wildman–Crippen MR) is 159 cm³/mol. The van der Waals surface area contributed by atoms with E-state index in [0.29, 0.717) is 5.02 Å². The summed E-state index contributed by atoms with van der Waals surface area (Å²) >= 11 is 8.51. The molecule has 0 saturated heterocycles. The SMILES string of the molecule is CCN(CC)c1ccc(CNC(C)(C)C(N)(I)c2ccnc3cc(Cl)ccc23)cc1.Cl.Cl.Cl. The van der Waals surface area contributed by atoms with Gasteiger partial charge in [-0.05, 0) is 69.2 Å². The normalized spacial score (nSPS) is 12.7. The number of nitrogens with one attached hydrogen (secondary N) is 1. The Labute approximate surface area is 234 Å². The van der Waals surface area contributed by atoms with E-state index in [-0.39, 0.29) is 42.8 Å². The third kappa shape index (κ3) is 7.23. The minimum Gasteiger partial charge on any atom is -0.372 e. The lowest BCUT2D eigenvalue weighted by molar-refractivity contribution is 0.307. The van der Waals surface area contributed by atoms with Gasteiger partial charge in [0.1, 0.15) is 3.55 Å². The van der Waals surface area contributed by atoms with Crippen LogP contribution in [0.25, 0.3) is 10.9 Å². The standard InChI is InChI=1S/C24H30ClIN4.3ClH/c1-5-30(6-2)19-10-7-17(8-11-19)16-29-23(3,4)24(26,27)21-13-14-28-22-15-18(25)9-12-20(21)22;;;/h7-15,29H,5-6,16,27H2,1-4H3;3*1H. The van der Waals surface area contributed by atoms with Crippen LogP contribution in [-0.2, 0) is 10.1 Å². The Kier molecular flexibility index (Phi) is 13.3. The lowest BCUT2D eigenvalue weighted by Gasteiger charge is -2.41. The van der Waals surface area contributed by atoms with Gasteiger partial charge in [0.05, 0.1) is 5.52 Å². The Morgan fingerprint density at radius 3 is 2.18 bits per heavy atom. The van der Waals surface area contributed by atoms with Gasteiger partial charge in [-0.15, -0.1) is 37.2 Å². The Morgan fingerprint density at radius 1 is 1.00 bits per heavy atom. The zero-order valence-electron chi connectivity index (χ0n) is 19.3. The number of anilines is 1. The number of aromatic nitrogens is 1. The molecule has 0 bridgehead atoms. The van der Waals surface area contributed by atoms with Crippen LogP contribution in [0.2, 0.25) is 5.02 Å². The van der Waals surface area contributed by atoms with Crippen molar-refractivity contribution in [3.63, 3.8) is 0 Å². The number of nitrogens with zero attached hydrogens (tertiary/aromatic N) is 2. The molecule has 0 aliphatic rings. The molecule has 9 heteroatoms. The van der Waals surface area contributed by atoms with Crippen LogP contribution in [0.15, 0.2) is 54.7 Å². The first-order chi connectivity index (χ1) is 14.2. The Balaban J connectivity index is 0.00000341. The number of halogens is 5. The highest BCUT2D eigenvalue weighted by Crippen LogP contribution is 2.40. The van der Waals surface area contributed by atoms with Gasteiger partial charge in [-0.2, -0.15) is 0 Å². The number of benzene rings is 2. The van der Waals surface area contributed by atoms with E-state index in [9.17, 15) is 0 Å². The summed E-state index contributed by atoms with van der Waals surface area (Å²) in [6, 6.07) is 16.5. The molecule has 1 aromatic heterocycles. The number of alkyl halides is 1. The molecule has 0 spiro atoms. The van der Waals surface area contributed by atoms with E-state index in [1.807, 2.05) is 24.3 Å². The van der Waals surface area contributed by atoms with Gasteiger partial charge in [0.25, 0.3) is 0 Å². The van der Waals surface area contributed by atoms with Crippen LogP contribution in [0, 0.1) is 0 Å². The molecule has 0 saturated carbocycles. The highest BCUT2D eigenvalue weighted by molar-refractivity contribution is 14.1. The molecule has 2 aromatic carbocycles. The topological polar surface area (TPSA) is 54.2 Å². The maximum Gasteiger partial charge on any atom is 0.112 e. The van der Waals surface area contributed by atoms with Crippen molar-refractivity contribution in [3.8, 4) is 0 Å². The number of hydrogen-bond acceptors (Lipinski definition) is 4. The molecule has 0 aliphatic heterocycles. The third-order valence-corrected chi connectivity index (χ3v) is 7.97. The fourth-order valence-corrected chi connectivity index (χ4v) is 4.47. The zero-order valence-corrected chi connectivity index (χ0v) is 24.6. The molecule has 3 aromatic rings. The van der Waals surface area contributed by atoms with Crippen LogP contribution < -0.4 is 16.0 Å². The molecule has 0 radical (unpaired) electrons. The van der Waals surface area contributed by atoms with Crippen molar-refractivity contribution < 1.29 is 0 Å². The smallest absolute Gasteiger partial charge is 0.112 e. The Morgan fingerprint density at radius 2 is 1.61 bits per heavy atom. The Hall–Kier alpha value is -0.540. The van der Waals surface area contributed by atoms with Gasteiger partial charge in [-0.3, -0.25) is 4.98 Å². The second-order valence-corrected chi connectivity index (χ2v) is 10.2. The fraction of sp³-hybridized carbons (Fsp3) is 0.375. The molecule has 4 nitrogen and oxygen atoms in total. The molecule has 3 N–H and O–H groups in total. The molecule has 0 fully saturated rings. The highest BCUT2D eigenvalue weighted by Gasteiger charge is 2.41. The summed E-state index contributed by atoms with van der Waals surface area (Å²) in [6.45, 7) is 11.4. The molecule has 0 amide bonds. The summed E-state index contributed by atoms with van der Waals surface area (Å²) in [5.41, 5.74) is 11.0. The average molecular weight is 646 g/mol. The van der Waals surface area contributed by atoms with Crippen molar-refractivity contribution in [1.29, 1.82) is 0 Å². The van der Waals surface area contributed by atoms with E-state index < -0.39 is 3.55 Å². The van der Waals surface area contributed by atoms with E-state index in [1.165, 1.54) is 11.3 Å². The van der Waals surface area contributed by atoms with Crippen LogP contribution in [-0.4, -0.2) is 23.6 Å². The first kappa shape index (κ1) is 32.5. The van der Waals surface area contributed by atoms with E-state index in [0.717, 1.165) is 36.1 Å². The largest absolute Gasteiger partial charge is 0.372 e. The van der Waals surface area contributed by atoms with Gasteiger partial charge in [-0.25, -0.2) is 0 Å². The summed E-state index contributed by atoms with van der Waals surface area (Å²) in [7, 11) is 0. The monoisotopic (exact) mass is 644 g/mol. The number of rotatable bonds is 8. The van der Waals surface area contributed by atoms with Crippen molar-refractivity contribution >= 4 is 88.0 Å². The molecule has 33 heavy (non-hydrogen) atoms. The first-order valence-electron chi connectivity index (χ1n) is 10.3. The maximum absolute atomic E-state index is 6.94. The number of pyridine rings is 1. The van der Waals surface area contributed by atoms with Crippen molar-refractivity contribution in [2.24, 2.45) is 5.73 Å². The maximum atomic E-state index is 6.94. The van der Waals surface area contributed by atoms with Crippen LogP contribution in [0.3, 0.4) is 0 Å². The highest BCUT2D eigenvalue weighted by atomic mass is 127. The summed E-state index contributed by atoms with van der Waals surface area (Å²) < 4.78 is -0.652. The minimum absolute atomic E-state index is 0. The molecular formula is C24H33Cl4IN4. The summed E-state index contributed by atoms with van der Waals surface area (Å²) in [6.07, 6.45) is 1.80. The minimum atomic E-state index is -0.652. The second kappa shape index (κ2) is 13.5. The van der Waals surface area contributed by atoms with Crippen molar-refractivity contribution in [2.45, 2.75) is 43.3 Å². The van der Waals surface area contributed by atoms with Gasteiger partial charge < -0.3 is 16.0 Å². The quantitative estimate of drug-likeness (QED) is 0.156. The van der Waals surface area contributed by atoms with Gasteiger partial charge in [0.15, 0.2) is 0 Å². The van der Waals surface area contributed by atoms with Crippen LogP contribution in [0.5, 0.6) is 0 Å². The van der Waals surface area contributed by atoms with E-state index >= 15 is 0 Å². The summed E-state index contributed by atoms with van der Waals surface area (Å²) in [5, 5.41) is 5.37. The van der Waals surface area contributed by atoms with Gasteiger partial charge in [0, 0.05) is 47.5 Å². The number of fused-ring (bicyclic) bond motifs is 1. The average Bonchev–Trinajstić information content (AvgIpc) is 2.73. The number of hydrogen-bond donors (Lipinski definition) is 2. The molecule has 1 unspecified atom stereocenters. The third-order valence-electron chi connectivity index (χ3n) is 5.81. The molecule has 1 heterocycles. The second-order valence-electron chi connectivity index (χ2n) is 8.05. The fourth-order valence-electron chi connectivity index (χ4n) is 3.64. The van der Waals surface area contributed by atoms with Crippen LogP contribution >= 0.6 is 71.4 Å². The van der Waals surface area contributed by atoms with Gasteiger partial charge in [0.2, 0.25) is 0 Å². The lowest BCUT2D eigenvalue weighted by Crippen LogP contribution is -2.58. The molecule has 184 valence electrons. The van der Waals surface area contributed by atoms with Crippen molar-refractivity contribution in [2.75, 3.05) is 18.0 Å². The van der Waals surface area contributed by atoms with Crippen molar-refractivity contribution in [3.05, 3.63) is 70.9 Å². The van der Waals surface area contributed by atoms with Gasteiger partial charge >= 0.3 is 0 Å². The van der Waals surface area contributed by atoms with E-state index in [1.54, 1.807) is 6.20 Å². The molecule has 3 rings (SSSR count). The Bertz CT molecular complexity index is 1010.